The molecule has 0 saturated carbocycles. The summed E-state index contributed by atoms with van der Waals surface area (Å²) >= 11 is 0. The molecule has 1 amide bonds. The minimum absolute atomic E-state index is 0.0702. The van der Waals surface area contributed by atoms with Gasteiger partial charge in [-0.1, -0.05) is 18.2 Å². The third-order valence-corrected chi connectivity index (χ3v) is 4.74. The van der Waals surface area contributed by atoms with Crippen LogP contribution in [0.15, 0.2) is 53.1 Å². The Morgan fingerprint density at radius 1 is 1.22 bits per heavy atom. The van der Waals surface area contributed by atoms with Gasteiger partial charge in [-0.05, 0) is 51.3 Å². The molecule has 0 radical (unpaired) electrons. The van der Waals surface area contributed by atoms with E-state index in [0.29, 0.717) is 43.1 Å². The Morgan fingerprint density at radius 2 is 2.03 bits per heavy atom. The molecule has 0 aliphatic carbocycles. The Morgan fingerprint density at radius 3 is 2.75 bits per heavy atom. The fourth-order valence-corrected chi connectivity index (χ4v) is 3.08. The molecule has 0 spiro atoms. The van der Waals surface area contributed by atoms with Crippen molar-refractivity contribution in [2.45, 2.75) is 52.1 Å². The number of hydrogen-bond donors (Lipinski definition) is 2. The van der Waals surface area contributed by atoms with Crippen LogP contribution >= 0.6 is 0 Å². The van der Waals surface area contributed by atoms with Crippen LogP contribution in [-0.2, 0) is 11.3 Å². The number of H-pyrrole nitrogens is 1. The van der Waals surface area contributed by atoms with Gasteiger partial charge in [0.05, 0.1) is 15.6 Å². The molecule has 3 rings (SSSR count). The molecule has 0 unspecified atom stereocenters. The third-order valence-electron chi connectivity index (χ3n) is 4.74. The average Bonchev–Trinajstić information content (AvgIpc) is 3.47. The maximum absolute atomic E-state index is 13.4. The smallest absolute Gasteiger partial charge is 0.303 e. The van der Waals surface area contributed by atoms with Crippen molar-refractivity contribution < 1.29 is 26.6 Å². The number of hydrogen-bond acceptors (Lipinski definition) is 5. The van der Waals surface area contributed by atoms with Gasteiger partial charge in [0.1, 0.15) is 11.4 Å². The second-order valence-corrected chi connectivity index (χ2v) is 7.57. The Kier molecular flexibility index (Phi) is 7.11. The summed E-state index contributed by atoms with van der Waals surface area (Å²) in [6, 6.07) is 11.2. The number of nitrogens with zero attached hydrogens (tertiary/aromatic N) is 2. The first-order valence-electron chi connectivity index (χ1n) is 11.6. The van der Waals surface area contributed by atoms with Crippen LogP contribution in [0.1, 0.15) is 58.3 Å². The number of para-hydroxylation sites is 1. The van der Waals surface area contributed by atoms with Crippen LogP contribution in [0.3, 0.4) is 0 Å². The number of carbonyl (C=O) groups is 2. The highest BCUT2D eigenvalue weighted by molar-refractivity contribution is 5.93. The molecule has 32 heavy (non-hydrogen) atoms. The van der Waals surface area contributed by atoms with E-state index < -0.39 is 24.4 Å². The van der Waals surface area contributed by atoms with Crippen LogP contribution in [0.2, 0.25) is 0 Å². The monoisotopic (exact) mass is 441 g/mol. The molecule has 0 fully saturated rings. The number of furan rings is 1. The normalized spacial score (nSPS) is 12.3. The van der Waals surface area contributed by atoms with Crippen LogP contribution in [-0.4, -0.2) is 44.7 Å². The molecule has 0 aliphatic heterocycles. The Hall–Kier alpha value is -3.55. The number of aromatic nitrogens is 2. The van der Waals surface area contributed by atoms with Crippen molar-refractivity contribution in [1.82, 2.24) is 15.1 Å². The number of rotatable bonds is 12. The summed E-state index contributed by atoms with van der Waals surface area (Å²) in [5, 5.41) is 15.6. The van der Waals surface area contributed by atoms with Gasteiger partial charge in [-0.2, -0.15) is 5.10 Å². The molecule has 2 aromatic heterocycles. The van der Waals surface area contributed by atoms with Gasteiger partial charge in [0, 0.05) is 30.6 Å². The predicted octanol–water partition coefficient (Wildman–Crippen LogP) is 4.74. The fraction of sp³-hybridized carbons (Fsp3) is 0.375. The number of amides is 1. The second-order valence-electron chi connectivity index (χ2n) is 7.57. The zero-order valence-corrected chi connectivity index (χ0v) is 18.2. The summed E-state index contributed by atoms with van der Waals surface area (Å²) in [5.74, 6) is -0.543. The Bertz CT molecular complexity index is 1100. The standard InChI is InChI=1S/C24H29N3O5/c1-17(2)27(24(30)20-15-19(25-26-20)22-11-8-14-32-22)16-18-9-5-6-10-21(18)31-13-7-3-4-12-23(28)29/h5-6,8-11,14-15,17H,3-4,7,12-13,16H2,1-2H3,(H,25,26)(H,28,29)/i16D2. The number of carboxylic acids is 1. The van der Waals surface area contributed by atoms with E-state index in [0.717, 1.165) is 4.90 Å². The zero-order chi connectivity index (χ0) is 24.7. The predicted molar refractivity (Wildman–Crippen MR) is 119 cm³/mol. The summed E-state index contributed by atoms with van der Waals surface area (Å²) in [7, 11) is 0. The number of unbranched alkanes of at least 4 members (excludes halogenated alkanes) is 2. The first-order chi connectivity index (χ1) is 16.2. The fourth-order valence-electron chi connectivity index (χ4n) is 3.08. The molecular weight excluding hydrogens is 410 g/mol. The van der Waals surface area contributed by atoms with Gasteiger partial charge in [0.25, 0.3) is 5.91 Å². The molecular formula is C24H29N3O5. The zero-order valence-electron chi connectivity index (χ0n) is 20.2. The molecule has 3 aromatic rings. The lowest BCUT2D eigenvalue weighted by Crippen LogP contribution is -2.36. The van der Waals surface area contributed by atoms with Crippen molar-refractivity contribution >= 4 is 11.9 Å². The van der Waals surface area contributed by atoms with Gasteiger partial charge in [-0.3, -0.25) is 14.7 Å². The third kappa shape index (κ3) is 6.23. The van der Waals surface area contributed by atoms with Gasteiger partial charge < -0.3 is 19.2 Å². The maximum Gasteiger partial charge on any atom is 0.303 e. The van der Waals surface area contributed by atoms with Crippen molar-refractivity contribution in [3.63, 3.8) is 0 Å². The number of aliphatic carboxylic acids is 1. The van der Waals surface area contributed by atoms with Gasteiger partial charge in [0.2, 0.25) is 0 Å². The quantitative estimate of drug-likeness (QED) is 0.393. The number of nitrogens with one attached hydrogen (secondary N) is 1. The van der Waals surface area contributed by atoms with Crippen molar-refractivity contribution in [3.05, 3.63) is 60.0 Å². The van der Waals surface area contributed by atoms with Crippen LogP contribution < -0.4 is 4.74 Å². The molecule has 0 bridgehead atoms. The molecule has 2 heterocycles. The van der Waals surface area contributed by atoms with Crippen LogP contribution in [0.4, 0.5) is 0 Å². The molecule has 0 atom stereocenters. The van der Waals surface area contributed by atoms with Gasteiger partial charge in [0.15, 0.2) is 11.5 Å². The highest BCUT2D eigenvalue weighted by Gasteiger charge is 2.23. The highest BCUT2D eigenvalue weighted by Crippen LogP contribution is 2.24. The summed E-state index contributed by atoms with van der Waals surface area (Å²) < 4.78 is 28.9. The number of carbonyl (C=O) groups excluding carboxylic acids is 1. The van der Waals surface area contributed by atoms with E-state index in [-0.39, 0.29) is 17.7 Å². The number of aromatic amines is 1. The summed E-state index contributed by atoms with van der Waals surface area (Å²) in [6.07, 6.45) is 3.51. The molecule has 8 heteroatoms. The lowest BCUT2D eigenvalue weighted by atomic mass is 10.1. The first-order valence-corrected chi connectivity index (χ1v) is 10.6. The molecule has 2 N–H and O–H groups in total. The van der Waals surface area contributed by atoms with E-state index in [2.05, 4.69) is 10.2 Å². The minimum atomic E-state index is -2.19. The van der Waals surface area contributed by atoms with Gasteiger partial charge in [-0.15, -0.1) is 0 Å². The Balaban J connectivity index is 1.78. The molecule has 0 aliphatic rings. The SMILES string of the molecule is [2H]C([2H])(c1ccccc1OCCCCCC(=O)O)N(C(=O)c1cc(-c2ccco2)[nH]n1)C(C)C. The molecule has 8 nitrogen and oxygen atoms in total. The second kappa shape index (κ2) is 11.2. The largest absolute Gasteiger partial charge is 0.493 e. The summed E-state index contributed by atoms with van der Waals surface area (Å²) in [5.41, 5.74) is 0.814. The van der Waals surface area contributed by atoms with Crippen molar-refractivity contribution in [2.75, 3.05) is 6.61 Å². The maximum atomic E-state index is 13.4. The number of carboxylic acid groups (broad SMARTS) is 1. The molecule has 1 aromatic carbocycles. The van der Waals surface area contributed by atoms with Crippen molar-refractivity contribution in [1.29, 1.82) is 0 Å². The highest BCUT2D eigenvalue weighted by atomic mass is 16.5. The molecule has 170 valence electrons. The van der Waals surface area contributed by atoms with E-state index in [9.17, 15) is 9.59 Å². The topological polar surface area (TPSA) is 109 Å². The summed E-state index contributed by atoms with van der Waals surface area (Å²) in [6.45, 7) is 1.60. The summed E-state index contributed by atoms with van der Waals surface area (Å²) in [4.78, 5) is 25.1. The lowest BCUT2D eigenvalue weighted by molar-refractivity contribution is -0.137. The van der Waals surface area contributed by atoms with Crippen LogP contribution in [0.5, 0.6) is 5.75 Å². The van der Waals surface area contributed by atoms with Crippen molar-refractivity contribution in [3.8, 4) is 17.2 Å². The average molecular weight is 442 g/mol. The van der Waals surface area contributed by atoms with Crippen LogP contribution in [0.25, 0.3) is 11.5 Å². The van der Waals surface area contributed by atoms with Crippen LogP contribution in [0, 0.1) is 0 Å². The molecule has 0 saturated heterocycles. The van der Waals surface area contributed by atoms with E-state index in [1.165, 1.54) is 12.3 Å². The number of ether oxygens (including phenoxy) is 1. The van der Waals surface area contributed by atoms with E-state index >= 15 is 0 Å². The van der Waals surface area contributed by atoms with E-state index in [1.807, 2.05) is 0 Å². The van der Waals surface area contributed by atoms with E-state index in [1.54, 1.807) is 50.2 Å². The minimum Gasteiger partial charge on any atom is -0.493 e. The lowest BCUT2D eigenvalue weighted by Gasteiger charge is -2.27. The van der Waals surface area contributed by atoms with E-state index in [4.69, 9.17) is 17.0 Å². The van der Waals surface area contributed by atoms with Gasteiger partial charge >= 0.3 is 5.97 Å². The van der Waals surface area contributed by atoms with Crippen molar-refractivity contribution in [2.24, 2.45) is 0 Å². The Labute approximate surface area is 190 Å². The number of benzene rings is 1. The first kappa shape index (κ1) is 20.4. The van der Waals surface area contributed by atoms with Gasteiger partial charge in [-0.25, -0.2) is 0 Å².